The van der Waals surface area contributed by atoms with Gasteiger partial charge in [-0.05, 0) is 35.2 Å². The zero-order chi connectivity index (χ0) is 26.2. The molecule has 0 saturated carbocycles. The van der Waals surface area contributed by atoms with Crippen molar-refractivity contribution in [3.8, 4) is 5.75 Å². The second-order valence-corrected chi connectivity index (χ2v) is 9.81. The first-order valence-electron chi connectivity index (χ1n) is 13.2. The quantitative estimate of drug-likeness (QED) is 0.270. The van der Waals surface area contributed by atoms with Gasteiger partial charge >= 0.3 is 7.12 Å². The van der Waals surface area contributed by atoms with Crippen molar-refractivity contribution in [3.63, 3.8) is 0 Å². The van der Waals surface area contributed by atoms with Gasteiger partial charge in [-0.3, -0.25) is 4.90 Å². The summed E-state index contributed by atoms with van der Waals surface area (Å²) in [6.07, 6.45) is -0.440. The van der Waals surface area contributed by atoms with Crippen LogP contribution in [0.3, 0.4) is 0 Å². The van der Waals surface area contributed by atoms with Crippen molar-refractivity contribution in [3.05, 3.63) is 131 Å². The third-order valence-electron chi connectivity index (χ3n) is 6.70. The summed E-state index contributed by atoms with van der Waals surface area (Å²) in [5.74, 6) is 0.644. The molecule has 1 N–H and O–H groups in total. The van der Waals surface area contributed by atoms with Gasteiger partial charge in [-0.1, -0.05) is 103 Å². The van der Waals surface area contributed by atoms with Crippen molar-refractivity contribution in [2.75, 3.05) is 13.2 Å². The number of fused-ring (bicyclic) bond motifs is 1. The van der Waals surface area contributed by atoms with E-state index >= 15 is 0 Å². The Morgan fingerprint density at radius 1 is 0.789 bits per heavy atom. The van der Waals surface area contributed by atoms with Gasteiger partial charge in [-0.25, -0.2) is 0 Å². The molecule has 0 bridgehead atoms. The third kappa shape index (κ3) is 6.91. The highest BCUT2D eigenvalue weighted by molar-refractivity contribution is 6.62. The standard InChI is InChI=1S/C32H34BNO4/c1-25(23-36-24-28-16-9-4-10-17-28)37-30-19-11-18-29-31(38-33(35)32(29)30)22-34(20-26-12-5-2-6-13-26)21-27-14-7-3-8-15-27/h2-19,25,31,35H,20-24H2,1H3/t25-,31+/m0/s1. The van der Waals surface area contributed by atoms with E-state index in [9.17, 15) is 5.02 Å². The molecule has 5 rings (SSSR count). The first-order valence-corrected chi connectivity index (χ1v) is 13.2. The predicted octanol–water partition coefficient (Wildman–Crippen LogP) is 5.13. The van der Waals surface area contributed by atoms with E-state index < -0.39 is 7.12 Å². The van der Waals surface area contributed by atoms with Gasteiger partial charge in [-0.15, -0.1) is 0 Å². The first-order chi connectivity index (χ1) is 18.7. The van der Waals surface area contributed by atoms with Gasteiger partial charge in [0.2, 0.25) is 0 Å². The monoisotopic (exact) mass is 507 g/mol. The molecule has 38 heavy (non-hydrogen) atoms. The molecule has 5 nitrogen and oxygen atoms in total. The highest BCUT2D eigenvalue weighted by atomic mass is 16.5. The molecule has 0 saturated heterocycles. The van der Waals surface area contributed by atoms with Crippen LogP contribution in [-0.4, -0.2) is 36.3 Å². The van der Waals surface area contributed by atoms with Gasteiger partial charge in [0.05, 0.1) is 19.3 Å². The first kappa shape index (κ1) is 26.2. The highest BCUT2D eigenvalue weighted by Crippen LogP contribution is 2.30. The molecule has 4 aromatic rings. The lowest BCUT2D eigenvalue weighted by Crippen LogP contribution is -2.32. The Kier molecular flexibility index (Phi) is 8.89. The van der Waals surface area contributed by atoms with Crippen molar-refractivity contribution in [1.29, 1.82) is 0 Å². The van der Waals surface area contributed by atoms with Gasteiger partial charge < -0.3 is 19.2 Å². The summed E-state index contributed by atoms with van der Waals surface area (Å²) in [5, 5.41) is 10.9. The Hall–Kier alpha value is -3.42. The van der Waals surface area contributed by atoms with Crippen LogP contribution >= 0.6 is 0 Å². The number of benzene rings is 4. The fourth-order valence-corrected chi connectivity index (χ4v) is 4.92. The van der Waals surface area contributed by atoms with Crippen LogP contribution in [0.2, 0.25) is 0 Å². The van der Waals surface area contributed by atoms with Crippen molar-refractivity contribution >= 4 is 12.6 Å². The van der Waals surface area contributed by atoms with Crippen molar-refractivity contribution in [2.45, 2.75) is 38.8 Å². The van der Waals surface area contributed by atoms with Crippen LogP contribution in [0.5, 0.6) is 5.75 Å². The van der Waals surface area contributed by atoms with Crippen LogP contribution in [0, 0.1) is 0 Å². The van der Waals surface area contributed by atoms with Gasteiger partial charge in [0.25, 0.3) is 0 Å². The molecule has 4 aromatic carbocycles. The fourth-order valence-electron chi connectivity index (χ4n) is 4.92. The Bertz CT molecular complexity index is 1230. The van der Waals surface area contributed by atoms with E-state index in [2.05, 4.69) is 53.4 Å². The molecule has 0 aromatic heterocycles. The Labute approximate surface area is 225 Å². The molecule has 0 fully saturated rings. The molecule has 1 aliphatic heterocycles. The number of hydrogen-bond donors (Lipinski definition) is 1. The van der Waals surface area contributed by atoms with Crippen LogP contribution in [0.1, 0.15) is 35.3 Å². The van der Waals surface area contributed by atoms with E-state index in [1.165, 1.54) is 11.1 Å². The largest absolute Gasteiger partial charge is 0.495 e. The summed E-state index contributed by atoms with van der Waals surface area (Å²) in [6.45, 7) is 5.17. The fraction of sp³-hybridized carbons (Fsp3) is 0.250. The predicted molar refractivity (Wildman–Crippen MR) is 151 cm³/mol. The average Bonchev–Trinajstić information content (AvgIpc) is 3.26. The summed E-state index contributed by atoms with van der Waals surface area (Å²) in [7, 11) is -1.03. The lowest BCUT2D eigenvalue weighted by molar-refractivity contribution is 0.0497. The molecular weight excluding hydrogens is 473 g/mol. The van der Waals surface area contributed by atoms with Crippen LogP contribution in [0.4, 0.5) is 0 Å². The number of rotatable bonds is 12. The normalized spacial score (nSPS) is 15.4. The zero-order valence-corrected chi connectivity index (χ0v) is 21.8. The molecule has 1 aliphatic rings. The number of ether oxygens (including phenoxy) is 2. The van der Waals surface area contributed by atoms with E-state index in [0.29, 0.717) is 31.0 Å². The van der Waals surface area contributed by atoms with E-state index in [4.69, 9.17) is 14.1 Å². The topological polar surface area (TPSA) is 51.2 Å². The molecule has 0 spiro atoms. The lowest BCUT2D eigenvalue weighted by atomic mass is 9.78. The van der Waals surface area contributed by atoms with Crippen molar-refractivity contribution in [2.24, 2.45) is 0 Å². The Balaban J connectivity index is 1.27. The molecule has 0 unspecified atom stereocenters. The zero-order valence-electron chi connectivity index (χ0n) is 21.8. The summed E-state index contributed by atoms with van der Waals surface area (Å²) >= 11 is 0. The van der Waals surface area contributed by atoms with E-state index in [1.54, 1.807) is 0 Å². The van der Waals surface area contributed by atoms with E-state index in [-0.39, 0.29) is 12.2 Å². The van der Waals surface area contributed by atoms with Crippen LogP contribution in [-0.2, 0) is 29.1 Å². The summed E-state index contributed by atoms with van der Waals surface area (Å²) < 4.78 is 18.2. The molecule has 0 radical (unpaired) electrons. The maximum Gasteiger partial charge on any atom is 0.495 e. The van der Waals surface area contributed by atoms with E-state index in [1.807, 2.05) is 67.6 Å². The molecule has 194 valence electrons. The van der Waals surface area contributed by atoms with Crippen molar-refractivity contribution in [1.82, 2.24) is 4.90 Å². The van der Waals surface area contributed by atoms with Gasteiger partial charge in [0.1, 0.15) is 11.9 Å². The number of nitrogens with zero attached hydrogens (tertiary/aromatic N) is 1. The van der Waals surface area contributed by atoms with Gasteiger partial charge in [-0.2, -0.15) is 0 Å². The van der Waals surface area contributed by atoms with Crippen LogP contribution in [0.25, 0.3) is 0 Å². The minimum absolute atomic E-state index is 0.177. The van der Waals surface area contributed by atoms with Crippen LogP contribution in [0.15, 0.2) is 109 Å². The van der Waals surface area contributed by atoms with Gasteiger partial charge in [0.15, 0.2) is 0 Å². The lowest BCUT2D eigenvalue weighted by Gasteiger charge is -2.26. The Morgan fingerprint density at radius 2 is 1.37 bits per heavy atom. The molecule has 6 heteroatoms. The number of hydrogen-bond acceptors (Lipinski definition) is 5. The smallest absolute Gasteiger partial charge is 0.489 e. The Morgan fingerprint density at radius 3 is 1.97 bits per heavy atom. The molecule has 2 atom stereocenters. The maximum atomic E-state index is 10.9. The molecule has 1 heterocycles. The second-order valence-electron chi connectivity index (χ2n) is 9.81. The van der Waals surface area contributed by atoms with Gasteiger partial charge in [0, 0.05) is 25.1 Å². The maximum absolute atomic E-state index is 10.9. The van der Waals surface area contributed by atoms with E-state index in [0.717, 1.165) is 24.2 Å². The SMILES string of the molecule is C[C@@H](COCc1ccccc1)Oc1cccc2c1B(O)O[C@@H]2CN(Cc1ccccc1)Cc1ccccc1. The highest BCUT2D eigenvalue weighted by Gasteiger charge is 2.39. The molecule has 0 aliphatic carbocycles. The summed E-state index contributed by atoms with van der Waals surface area (Å²) in [6, 6.07) is 36.9. The average molecular weight is 507 g/mol. The third-order valence-corrected chi connectivity index (χ3v) is 6.70. The minimum atomic E-state index is -1.03. The summed E-state index contributed by atoms with van der Waals surface area (Å²) in [5.41, 5.74) is 5.29. The molecular formula is C32H34BNO4. The second kappa shape index (κ2) is 12.9. The summed E-state index contributed by atoms with van der Waals surface area (Å²) in [4.78, 5) is 2.37. The van der Waals surface area contributed by atoms with Crippen LogP contribution < -0.4 is 10.2 Å². The molecule has 0 amide bonds. The van der Waals surface area contributed by atoms with Crippen molar-refractivity contribution < 1.29 is 19.2 Å². The minimum Gasteiger partial charge on any atom is -0.489 e.